The van der Waals surface area contributed by atoms with E-state index in [1.54, 1.807) is 24.5 Å². The lowest BCUT2D eigenvalue weighted by atomic mass is 9.98. The van der Waals surface area contributed by atoms with Gasteiger partial charge in [-0.1, -0.05) is 0 Å². The van der Waals surface area contributed by atoms with Gasteiger partial charge in [0.05, 0.1) is 24.7 Å². The molecule has 2 heterocycles. The van der Waals surface area contributed by atoms with Crippen LogP contribution in [0.1, 0.15) is 24.8 Å². The fourth-order valence-corrected chi connectivity index (χ4v) is 5.32. The van der Waals surface area contributed by atoms with E-state index in [0.29, 0.717) is 32.0 Å². The predicted octanol–water partition coefficient (Wildman–Crippen LogP) is 2.32. The number of ether oxygens (including phenoxy) is 3. The number of sulfone groups is 1. The summed E-state index contributed by atoms with van der Waals surface area (Å²) in [6.07, 6.45) is 4.04. The number of carbonyl (C=O) groups excluding carboxylic acids is 1. The van der Waals surface area contributed by atoms with Crippen LogP contribution in [0.2, 0.25) is 0 Å². The molecule has 0 unspecified atom stereocenters. The zero-order valence-electron chi connectivity index (χ0n) is 17.4. The van der Waals surface area contributed by atoms with E-state index in [1.165, 1.54) is 17.6 Å². The van der Waals surface area contributed by atoms with Crippen LogP contribution >= 0.6 is 12.4 Å². The van der Waals surface area contributed by atoms with Gasteiger partial charge < -0.3 is 14.2 Å². The smallest absolute Gasteiger partial charge is 0.265 e. The molecule has 32 heavy (non-hydrogen) atoms. The number of benzene rings is 1. The summed E-state index contributed by atoms with van der Waals surface area (Å²) < 4.78 is 41.0. The fourth-order valence-electron chi connectivity index (χ4n) is 3.38. The van der Waals surface area contributed by atoms with Gasteiger partial charge in [0.15, 0.2) is 14.6 Å². The molecule has 1 fully saturated rings. The molecule has 0 bridgehead atoms. The van der Waals surface area contributed by atoms with E-state index < -0.39 is 20.5 Å². The molecule has 2 N–H and O–H groups in total. The maximum absolute atomic E-state index is 13.2. The van der Waals surface area contributed by atoms with Crippen molar-refractivity contribution in [2.75, 3.05) is 26.4 Å². The lowest BCUT2D eigenvalue weighted by Gasteiger charge is -2.34. The van der Waals surface area contributed by atoms with Crippen molar-refractivity contribution in [3.8, 4) is 5.75 Å². The predicted molar refractivity (Wildman–Crippen MR) is 118 cm³/mol. The van der Waals surface area contributed by atoms with E-state index in [4.69, 9.17) is 19.4 Å². The number of pyridine rings is 1. The summed E-state index contributed by atoms with van der Waals surface area (Å²) in [6.45, 7) is 1.68. The first kappa shape index (κ1) is 26.0. The van der Waals surface area contributed by atoms with E-state index in [1.807, 2.05) is 12.1 Å². The van der Waals surface area contributed by atoms with E-state index in [-0.39, 0.29) is 43.4 Å². The number of carbonyl (C=O) groups is 1. The summed E-state index contributed by atoms with van der Waals surface area (Å²) >= 11 is 0. The first-order valence-electron chi connectivity index (χ1n) is 9.96. The summed E-state index contributed by atoms with van der Waals surface area (Å²) in [5.41, 5.74) is 2.55. The highest BCUT2D eigenvalue weighted by Gasteiger charge is 2.52. The molecule has 1 amide bonds. The molecule has 0 aliphatic carbocycles. The summed E-state index contributed by atoms with van der Waals surface area (Å²) in [5.74, 6) is -0.427. The quantitative estimate of drug-likeness (QED) is 0.298. The van der Waals surface area contributed by atoms with Gasteiger partial charge in [0.25, 0.3) is 5.91 Å². The topological polar surface area (TPSA) is 124 Å². The van der Waals surface area contributed by atoms with Crippen LogP contribution in [0.15, 0.2) is 53.7 Å². The van der Waals surface area contributed by atoms with Crippen LogP contribution in [0.25, 0.3) is 0 Å². The normalized spacial score (nSPS) is 15.4. The molecule has 1 aromatic heterocycles. The van der Waals surface area contributed by atoms with Gasteiger partial charge in [-0.2, -0.15) is 0 Å². The molecule has 3 rings (SSSR count). The summed E-state index contributed by atoms with van der Waals surface area (Å²) in [5, 5.41) is 9.09. The molecular weight excluding hydrogens is 460 g/mol. The van der Waals surface area contributed by atoms with Crippen molar-refractivity contribution in [2.24, 2.45) is 0 Å². The summed E-state index contributed by atoms with van der Waals surface area (Å²) in [6, 6.07) is 9.70. The Hall–Kier alpha value is -2.24. The monoisotopic (exact) mass is 486 g/mol. The maximum atomic E-state index is 13.2. The molecule has 11 heteroatoms. The Labute approximate surface area is 193 Å². The highest BCUT2D eigenvalue weighted by atomic mass is 35.5. The minimum absolute atomic E-state index is 0. The Morgan fingerprint density at radius 1 is 1.09 bits per heavy atom. The highest BCUT2D eigenvalue weighted by molar-refractivity contribution is 7.93. The van der Waals surface area contributed by atoms with E-state index >= 15 is 0 Å². The molecule has 1 aromatic carbocycles. The van der Waals surface area contributed by atoms with E-state index in [9.17, 15) is 13.2 Å². The third kappa shape index (κ3) is 5.96. The van der Waals surface area contributed by atoms with Crippen molar-refractivity contribution in [3.63, 3.8) is 0 Å². The maximum Gasteiger partial charge on any atom is 0.265 e. The first-order chi connectivity index (χ1) is 15.0. The Bertz CT molecular complexity index is 950. The standard InChI is InChI=1S/C21H26N2O7S.ClH/c24-20(23-25)21(8-14-28-15-9-21)31(26,27)19-4-2-18(3-5-19)30-13-1-12-29-16-17-6-10-22-11-7-17;/h2-7,10-11,25H,1,8-9,12-16H2,(H,23,24);1H. The number of aromatic nitrogens is 1. The third-order valence-electron chi connectivity index (χ3n) is 5.18. The first-order valence-corrected chi connectivity index (χ1v) is 11.4. The van der Waals surface area contributed by atoms with Gasteiger partial charge in [-0.25, -0.2) is 13.9 Å². The number of hydrogen-bond acceptors (Lipinski definition) is 8. The van der Waals surface area contributed by atoms with Crippen LogP contribution in [0.4, 0.5) is 0 Å². The molecular formula is C21H27ClN2O7S. The lowest BCUT2D eigenvalue weighted by molar-refractivity contribution is -0.134. The SMILES string of the molecule is Cl.O=C(NO)C1(S(=O)(=O)c2ccc(OCCCOCc3ccncc3)cc2)CCOCC1. The van der Waals surface area contributed by atoms with Gasteiger partial charge in [-0.15, -0.1) is 12.4 Å². The minimum Gasteiger partial charge on any atom is -0.494 e. The number of halogens is 1. The van der Waals surface area contributed by atoms with Crippen LogP contribution in [0.5, 0.6) is 5.75 Å². The van der Waals surface area contributed by atoms with Crippen LogP contribution in [-0.2, 0) is 30.7 Å². The number of hydrogen-bond donors (Lipinski definition) is 2. The second kappa shape index (κ2) is 12.1. The van der Waals surface area contributed by atoms with Gasteiger partial charge in [0, 0.05) is 32.0 Å². The number of hydroxylamine groups is 1. The second-order valence-corrected chi connectivity index (χ2v) is 9.39. The molecule has 0 atom stereocenters. The second-order valence-electron chi connectivity index (χ2n) is 7.13. The largest absolute Gasteiger partial charge is 0.494 e. The van der Waals surface area contributed by atoms with Crippen molar-refractivity contribution < 1.29 is 32.6 Å². The van der Waals surface area contributed by atoms with Crippen molar-refractivity contribution >= 4 is 28.2 Å². The van der Waals surface area contributed by atoms with Gasteiger partial charge in [-0.05, 0) is 54.8 Å². The Balaban J connectivity index is 0.00000363. The van der Waals surface area contributed by atoms with Crippen LogP contribution in [-0.4, -0.2) is 55.7 Å². The number of nitrogens with zero attached hydrogens (tertiary/aromatic N) is 1. The van der Waals surface area contributed by atoms with Gasteiger partial charge in [0.2, 0.25) is 0 Å². The molecule has 176 valence electrons. The van der Waals surface area contributed by atoms with Crippen LogP contribution < -0.4 is 10.2 Å². The van der Waals surface area contributed by atoms with Gasteiger partial charge in [0.1, 0.15) is 5.75 Å². The summed E-state index contributed by atoms with van der Waals surface area (Å²) in [4.78, 5) is 16.2. The number of amides is 1. The van der Waals surface area contributed by atoms with E-state index in [0.717, 1.165) is 5.56 Å². The zero-order chi connectivity index (χ0) is 22.2. The lowest BCUT2D eigenvalue weighted by Crippen LogP contribution is -2.54. The molecule has 9 nitrogen and oxygen atoms in total. The Kier molecular flexibility index (Phi) is 9.85. The number of nitrogens with one attached hydrogen (secondary N) is 1. The van der Waals surface area contributed by atoms with Gasteiger partial charge >= 0.3 is 0 Å². The Morgan fingerprint density at radius 2 is 1.75 bits per heavy atom. The highest BCUT2D eigenvalue weighted by Crippen LogP contribution is 2.35. The third-order valence-corrected chi connectivity index (χ3v) is 7.70. The van der Waals surface area contributed by atoms with Gasteiger partial charge in [-0.3, -0.25) is 15.0 Å². The molecule has 1 aliphatic heterocycles. The van der Waals surface area contributed by atoms with Crippen molar-refractivity contribution in [1.29, 1.82) is 0 Å². The summed E-state index contributed by atoms with van der Waals surface area (Å²) in [7, 11) is -4.04. The number of rotatable bonds is 10. The molecule has 1 saturated heterocycles. The minimum atomic E-state index is -4.04. The molecule has 0 radical (unpaired) electrons. The molecule has 0 saturated carbocycles. The van der Waals surface area contributed by atoms with Crippen molar-refractivity contribution in [2.45, 2.75) is 35.5 Å². The van der Waals surface area contributed by atoms with Crippen LogP contribution in [0, 0.1) is 0 Å². The van der Waals surface area contributed by atoms with Crippen molar-refractivity contribution in [3.05, 3.63) is 54.4 Å². The molecule has 1 aliphatic rings. The van der Waals surface area contributed by atoms with E-state index in [2.05, 4.69) is 4.98 Å². The average molecular weight is 487 g/mol. The van der Waals surface area contributed by atoms with Crippen LogP contribution in [0.3, 0.4) is 0 Å². The average Bonchev–Trinajstić information content (AvgIpc) is 2.82. The molecule has 2 aromatic rings. The van der Waals surface area contributed by atoms with Crippen molar-refractivity contribution in [1.82, 2.24) is 10.5 Å². The zero-order valence-corrected chi connectivity index (χ0v) is 19.1. The fraction of sp³-hybridized carbons (Fsp3) is 0.429. The Morgan fingerprint density at radius 3 is 2.38 bits per heavy atom. The molecule has 0 spiro atoms.